The van der Waals surface area contributed by atoms with Crippen LogP contribution in [-0.2, 0) is 0 Å². The molecule has 20 rings (SSSR count). The van der Waals surface area contributed by atoms with Gasteiger partial charge in [0.15, 0.2) is 0 Å². The zero-order valence-corrected chi connectivity index (χ0v) is 51.8. The van der Waals surface area contributed by atoms with E-state index < -0.39 is 0 Å². The minimum absolute atomic E-state index is 0.186. The van der Waals surface area contributed by atoms with Gasteiger partial charge in [-0.3, -0.25) is 0 Å². The van der Waals surface area contributed by atoms with Gasteiger partial charge in [0.25, 0.3) is 0 Å². The van der Waals surface area contributed by atoms with E-state index in [4.69, 9.17) is 0 Å². The van der Waals surface area contributed by atoms with Crippen LogP contribution in [0, 0.1) is 13.8 Å². The third kappa shape index (κ3) is 8.57. The Labute approximate surface area is 542 Å². The maximum Gasteiger partial charge on any atom is 0.246 e. The van der Waals surface area contributed by atoms with E-state index in [1.165, 1.54) is 148 Å². The van der Waals surface area contributed by atoms with Gasteiger partial charge in [0, 0.05) is 77.3 Å². The van der Waals surface area contributed by atoms with Crippen molar-refractivity contribution in [2.75, 3.05) is 4.90 Å². The topological polar surface area (TPSA) is 18.0 Å². The molecule has 0 amide bonds. The average Bonchev–Trinajstić information content (AvgIpc) is 1.64. The summed E-state index contributed by atoms with van der Waals surface area (Å²) in [5.74, 6) is 0. The molecule has 0 radical (unpaired) electrons. The van der Waals surface area contributed by atoms with Crippen molar-refractivity contribution in [2.45, 2.75) is 13.8 Å². The Hall–Kier alpha value is -11.5. The first-order valence-corrected chi connectivity index (χ1v) is 32.5. The van der Waals surface area contributed by atoms with Crippen LogP contribution in [0.5, 0.6) is 0 Å². The van der Waals surface area contributed by atoms with Crippen LogP contribution >= 0.6 is 0 Å². The first kappa shape index (κ1) is 54.4. The molecule has 17 aromatic rings. The van der Waals surface area contributed by atoms with Gasteiger partial charge in [0.1, 0.15) is 0 Å². The van der Waals surface area contributed by atoms with Gasteiger partial charge in [-0.25, -0.2) is 0 Å². The first-order chi connectivity index (χ1) is 46.1. The molecule has 4 nitrogen and oxygen atoms in total. The van der Waals surface area contributed by atoms with Crippen molar-refractivity contribution in [1.29, 1.82) is 0 Å². The van der Waals surface area contributed by atoms with Crippen molar-refractivity contribution < 1.29 is 0 Å². The molecule has 0 saturated heterocycles. The molecule has 3 aliphatic rings. The van der Waals surface area contributed by atoms with Crippen LogP contribution < -0.4 is 54.1 Å². The highest BCUT2D eigenvalue weighted by molar-refractivity contribution is 6.99. The lowest BCUT2D eigenvalue weighted by molar-refractivity contribution is 1.17. The minimum atomic E-state index is 0.186. The quantitative estimate of drug-likeness (QED) is 0.152. The van der Waals surface area contributed by atoms with Gasteiger partial charge in [0.05, 0.1) is 22.2 Å². The van der Waals surface area contributed by atoms with Gasteiger partial charge in [-0.2, -0.15) is 0 Å². The summed E-state index contributed by atoms with van der Waals surface area (Å²) in [7, 11) is 0. The number of para-hydroxylation sites is 9. The predicted octanol–water partition coefficient (Wildman–Crippen LogP) is 14.9. The number of aryl methyl sites for hydroxylation is 2. The highest BCUT2D eigenvalue weighted by Gasteiger charge is 2.37. The Morgan fingerprint density at radius 2 is 0.645 bits per heavy atom. The van der Waals surface area contributed by atoms with E-state index in [-0.39, 0.29) is 20.1 Å². The first-order valence-electron chi connectivity index (χ1n) is 32.5. The van der Waals surface area contributed by atoms with Gasteiger partial charge in [0.2, 0.25) is 20.1 Å². The minimum Gasteiger partial charge on any atom is -0.310 e. The SMILES string of the molecule is Cc1cc2c3c(c1)c1ccccc1n3-c1ccccc1B2c1ccccc1.Cc1ccc2c3c1c1ccccc1n3-c1ccccc1B2c1ccccc1.c1ccc(B2c3ccccc3-n3c4c2cccc4c2cccc(N(c4ccccc4)c4ccccc4)c23)cc1. The van der Waals surface area contributed by atoms with Gasteiger partial charge in [-0.15, -0.1) is 0 Å². The van der Waals surface area contributed by atoms with Crippen molar-refractivity contribution in [3.05, 3.63) is 345 Å². The molecule has 0 atom stereocenters. The van der Waals surface area contributed by atoms with Crippen LogP contribution in [0.2, 0.25) is 0 Å². The lowest BCUT2D eigenvalue weighted by Crippen LogP contribution is -2.55. The molecule has 3 aliphatic heterocycles. The fourth-order valence-corrected chi connectivity index (χ4v) is 16.2. The van der Waals surface area contributed by atoms with Gasteiger partial charge in [-0.05, 0) is 119 Å². The number of anilines is 3. The molecule has 0 saturated carbocycles. The van der Waals surface area contributed by atoms with E-state index in [1.807, 2.05) is 0 Å². The number of aromatic nitrogens is 3. The molecule has 93 heavy (non-hydrogen) atoms. The standard InChI is InChI=1S/C36H25BN2.2C25H18BN/c1-4-14-26(15-5-1)37-31-22-10-11-24-33(31)39-35-29(20-12-23-32(35)37)30-21-13-25-34(36(30)39)38(27-16-6-2-7-17-27)28-18-8-3-9-19-28;1-17-15-20-19-11-5-7-13-23(19)27-24-14-8-6-12-21(24)26(22(16-17)25(20)27)18-9-3-2-4-10-18;1-17-15-16-21-25-24(17)19-11-5-7-13-22(19)27(25)23-14-8-6-12-20(23)26(21)18-9-3-2-4-10-18/h1-25H;2*2-16H,1H3. The van der Waals surface area contributed by atoms with Crippen molar-refractivity contribution in [2.24, 2.45) is 0 Å². The maximum absolute atomic E-state index is 2.52. The lowest BCUT2D eigenvalue weighted by Gasteiger charge is -2.29. The molecule has 3 aromatic heterocycles. The lowest BCUT2D eigenvalue weighted by atomic mass is 9.35. The Morgan fingerprint density at radius 1 is 0.258 bits per heavy atom. The van der Waals surface area contributed by atoms with Crippen LogP contribution in [0.15, 0.2) is 334 Å². The summed E-state index contributed by atoms with van der Waals surface area (Å²) in [6.07, 6.45) is 0. The van der Waals surface area contributed by atoms with Crippen LogP contribution in [-0.4, -0.2) is 33.8 Å². The van der Waals surface area contributed by atoms with E-state index in [1.54, 1.807) is 0 Å². The summed E-state index contributed by atoms with van der Waals surface area (Å²) < 4.78 is 7.46. The van der Waals surface area contributed by atoms with Crippen molar-refractivity contribution in [3.63, 3.8) is 0 Å². The number of hydrogen-bond acceptors (Lipinski definition) is 1. The Balaban J connectivity index is 0.000000105. The number of nitrogens with zero attached hydrogens (tertiary/aromatic N) is 4. The second kappa shape index (κ2) is 22.2. The Kier molecular flexibility index (Phi) is 13.0. The molecule has 14 aromatic carbocycles. The van der Waals surface area contributed by atoms with Gasteiger partial charge < -0.3 is 18.6 Å². The highest BCUT2D eigenvalue weighted by Crippen LogP contribution is 2.44. The molecule has 0 fully saturated rings. The van der Waals surface area contributed by atoms with Crippen LogP contribution in [0.1, 0.15) is 11.1 Å². The molecular weight excluding hydrogens is 1120 g/mol. The third-order valence-corrected chi connectivity index (χ3v) is 19.9. The molecule has 434 valence electrons. The molecule has 7 heteroatoms. The smallest absolute Gasteiger partial charge is 0.246 e. The Morgan fingerprint density at radius 3 is 1.20 bits per heavy atom. The molecule has 0 bridgehead atoms. The monoisotopic (exact) mass is 1180 g/mol. The second-order valence-corrected chi connectivity index (χ2v) is 25.1. The molecule has 0 aliphatic carbocycles. The average molecular weight is 1180 g/mol. The van der Waals surface area contributed by atoms with E-state index in [2.05, 4.69) is 366 Å². The van der Waals surface area contributed by atoms with E-state index in [0.29, 0.717) is 0 Å². The summed E-state index contributed by atoms with van der Waals surface area (Å²) in [6.45, 7) is 5.16. The largest absolute Gasteiger partial charge is 0.310 e. The van der Waals surface area contributed by atoms with Crippen LogP contribution in [0.3, 0.4) is 0 Å². The summed E-state index contributed by atoms with van der Waals surface area (Å²) in [6, 6.07) is 121. The normalized spacial score (nSPS) is 12.3. The summed E-state index contributed by atoms with van der Waals surface area (Å²) >= 11 is 0. The van der Waals surface area contributed by atoms with E-state index in [9.17, 15) is 0 Å². The molecule has 0 spiro atoms. The maximum atomic E-state index is 2.52. The van der Waals surface area contributed by atoms with Crippen LogP contribution in [0.25, 0.3) is 82.5 Å². The van der Waals surface area contributed by atoms with E-state index >= 15 is 0 Å². The predicted molar refractivity (Wildman–Crippen MR) is 400 cm³/mol. The zero-order valence-electron chi connectivity index (χ0n) is 51.8. The fourth-order valence-electron chi connectivity index (χ4n) is 16.2. The van der Waals surface area contributed by atoms with Gasteiger partial charge >= 0.3 is 0 Å². The third-order valence-electron chi connectivity index (χ3n) is 19.9. The fraction of sp³-hybridized carbons (Fsp3) is 0.0233. The number of fused-ring (bicyclic) bond motifs is 15. The highest BCUT2D eigenvalue weighted by atomic mass is 15.2. The van der Waals surface area contributed by atoms with Gasteiger partial charge in [-0.1, -0.05) is 289 Å². The number of hydrogen-bond donors (Lipinski definition) is 0. The Bertz CT molecular complexity index is 5700. The number of benzene rings is 14. The summed E-state index contributed by atoms with van der Waals surface area (Å²) in [5, 5.41) is 7.98. The van der Waals surface area contributed by atoms with Crippen molar-refractivity contribution >= 4 is 152 Å². The number of rotatable bonds is 6. The van der Waals surface area contributed by atoms with Crippen molar-refractivity contribution in [3.8, 4) is 17.1 Å². The molecule has 0 unspecified atom stereocenters. The molecular formula is C86H61B3N4. The summed E-state index contributed by atoms with van der Waals surface area (Å²) in [5.41, 5.74) is 30.1. The molecule has 6 heterocycles. The van der Waals surface area contributed by atoms with E-state index in [0.717, 1.165) is 11.4 Å². The second-order valence-electron chi connectivity index (χ2n) is 25.1. The zero-order chi connectivity index (χ0) is 61.7. The molecule has 0 N–H and O–H groups in total. The summed E-state index contributed by atoms with van der Waals surface area (Å²) in [4.78, 5) is 2.39. The van der Waals surface area contributed by atoms with Crippen LogP contribution in [0.4, 0.5) is 17.1 Å². The van der Waals surface area contributed by atoms with Crippen molar-refractivity contribution in [1.82, 2.24) is 13.7 Å².